The maximum absolute atomic E-state index is 5.85. The van der Waals surface area contributed by atoms with Crippen LogP contribution in [0.15, 0.2) is 11.4 Å². The van der Waals surface area contributed by atoms with Gasteiger partial charge in [0.25, 0.3) is 0 Å². The Labute approximate surface area is 81.5 Å². The van der Waals surface area contributed by atoms with Crippen LogP contribution >= 0.6 is 22.9 Å². The van der Waals surface area contributed by atoms with Crippen molar-refractivity contribution in [1.82, 2.24) is 0 Å². The van der Waals surface area contributed by atoms with Crippen LogP contribution in [0.1, 0.15) is 18.4 Å². The summed E-state index contributed by atoms with van der Waals surface area (Å²) in [4.78, 5) is 0. The maximum atomic E-state index is 5.85. The van der Waals surface area contributed by atoms with Gasteiger partial charge in [0.1, 0.15) is 0 Å². The van der Waals surface area contributed by atoms with Crippen LogP contribution in [0.4, 0.5) is 0 Å². The van der Waals surface area contributed by atoms with Gasteiger partial charge in [0, 0.05) is 6.04 Å². The van der Waals surface area contributed by atoms with Crippen molar-refractivity contribution in [3.05, 3.63) is 21.3 Å². The van der Waals surface area contributed by atoms with E-state index in [2.05, 4.69) is 11.4 Å². The molecular formula is C9H12ClNS. The zero-order chi connectivity index (χ0) is 8.55. The summed E-state index contributed by atoms with van der Waals surface area (Å²) in [7, 11) is 0. The first-order valence-corrected chi connectivity index (χ1v) is 5.50. The van der Waals surface area contributed by atoms with Gasteiger partial charge in [0.15, 0.2) is 0 Å². The van der Waals surface area contributed by atoms with Crippen LogP contribution in [-0.4, -0.2) is 6.04 Å². The monoisotopic (exact) mass is 201 g/mol. The van der Waals surface area contributed by atoms with E-state index < -0.39 is 0 Å². The van der Waals surface area contributed by atoms with Crippen LogP contribution in [0, 0.1) is 5.92 Å². The normalized spacial score (nSPS) is 28.5. The molecule has 1 aromatic heterocycles. The van der Waals surface area contributed by atoms with Gasteiger partial charge in [-0.3, -0.25) is 0 Å². The van der Waals surface area contributed by atoms with Gasteiger partial charge in [-0.1, -0.05) is 11.6 Å². The summed E-state index contributed by atoms with van der Waals surface area (Å²) >= 11 is 7.44. The van der Waals surface area contributed by atoms with Crippen molar-refractivity contribution in [3.63, 3.8) is 0 Å². The van der Waals surface area contributed by atoms with E-state index in [0.29, 0.717) is 12.0 Å². The third kappa shape index (κ3) is 1.65. The van der Waals surface area contributed by atoms with E-state index in [9.17, 15) is 0 Å². The molecule has 2 unspecified atom stereocenters. The number of thiophene rings is 1. The SMILES string of the molecule is NC1CCC1Cc1csc(Cl)c1. The fraction of sp³-hybridized carbons (Fsp3) is 0.556. The average Bonchev–Trinajstić information content (AvgIpc) is 2.44. The molecule has 0 bridgehead atoms. The Balaban J connectivity index is 1.95. The molecule has 66 valence electrons. The fourth-order valence-corrected chi connectivity index (χ4v) is 2.53. The third-order valence-electron chi connectivity index (χ3n) is 2.60. The van der Waals surface area contributed by atoms with Crippen molar-refractivity contribution in [2.45, 2.75) is 25.3 Å². The summed E-state index contributed by atoms with van der Waals surface area (Å²) in [6, 6.07) is 2.49. The number of nitrogens with two attached hydrogens (primary N) is 1. The first-order valence-electron chi connectivity index (χ1n) is 4.24. The van der Waals surface area contributed by atoms with Gasteiger partial charge in [0.2, 0.25) is 0 Å². The molecule has 0 amide bonds. The molecule has 1 aromatic rings. The Morgan fingerprint density at radius 3 is 2.83 bits per heavy atom. The lowest BCUT2D eigenvalue weighted by Gasteiger charge is -2.33. The highest BCUT2D eigenvalue weighted by Gasteiger charge is 2.27. The summed E-state index contributed by atoms with van der Waals surface area (Å²) in [6.07, 6.45) is 3.60. The first kappa shape index (κ1) is 8.54. The molecule has 0 aliphatic heterocycles. The average molecular weight is 202 g/mol. The smallest absolute Gasteiger partial charge is 0.0931 e. The van der Waals surface area contributed by atoms with E-state index in [1.165, 1.54) is 18.4 Å². The van der Waals surface area contributed by atoms with E-state index in [-0.39, 0.29) is 0 Å². The summed E-state index contributed by atoms with van der Waals surface area (Å²) in [5.41, 5.74) is 7.20. The summed E-state index contributed by atoms with van der Waals surface area (Å²) in [6.45, 7) is 0. The predicted molar refractivity (Wildman–Crippen MR) is 53.7 cm³/mol. The number of halogens is 1. The van der Waals surface area contributed by atoms with Gasteiger partial charge >= 0.3 is 0 Å². The highest BCUT2D eigenvalue weighted by atomic mass is 35.5. The van der Waals surface area contributed by atoms with Gasteiger partial charge < -0.3 is 5.73 Å². The highest BCUT2D eigenvalue weighted by molar-refractivity contribution is 7.14. The number of hydrogen-bond donors (Lipinski definition) is 1. The summed E-state index contributed by atoms with van der Waals surface area (Å²) < 4.78 is 0.887. The fourth-order valence-electron chi connectivity index (χ4n) is 1.60. The van der Waals surface area contributed by atoms with Gasteiger partial charge in [-0.15, -0.1) is 11.3 Å². The van der Waals surface area contributed by atoms with Gasteiger partial charge in [-0.05, 0) is 42.2 Å². The Hall–Kier alpha value is -0.0500. The Kier molecular flexibility index (Phi) is 2.40. The van der Waals surface area contributed by atoms with Crippen LogP contribution in [0.2, 0.25) is 4.34 Å². The molecule has 0 aromatic carbocycles. The molecule has 1 fully saturated rings. The second kappa shape index (κ2) is 3.36. The Bertz CT molecular complexity index is 271. The zero-order valence-electron chi connectivity index (χ0n) is 6.79. The molecule has 1 heterocycles. The van der Waals surface area contributed by atoms with E-state index >= 15 is 0 Å². The van der Waals surface area contributed by atoms with Crippen molar-refractivity contribution in [2.75, 3.05) is 0 Å². The van der Waals surface area contributed by atoms with E-state index in [0.717, 1.165) is 10.8 Å². The molecule has 2 rings (SSSR count). The summed E-state index contributed by atoms with van der Waals surface area (Å²) in [5.74, 6) is 0.704. The molecule has 1 aliphatic carbocycles. The Morgan fingerprint density at radius 2 is 2.42 bits per heavy atom. The molecule has 0 saturated heterocycles. The van der Waals surface area contributed by atoms with Crippen LogP contribution < -0.4 is 5.73 Å². The molecule has 1 nitrogen and oxygen atoms in total. The summed E-state index contributed by atoms with van der Waals surface area (Å²) in [5, 5.41) is 2.13. The van der Waals surface area contributed by atoms with Crippen LogP contribution in [0.25, 0.3) is 0 Å². The van der Waals surface area contributed by atoms with Gasteiger partial charge in [-0.25, -0.2) is 0 Å². The molecule has 2 N–H and O–H groups in total. The van der Waals surface area contributed by atoms with Crippen molar-refractivity contribution >= 4 is 22.9 Å². The largest absolute Gasteiger partial charge is 0.327 e. The minimum absolute atomic E-state index is 0.434. The lowest BCUT2D eigenvalue weighted by molar-refractivity contribution is 0.256. The van der Waals surface area contributed by atoms with Crippen molar-refractivity contribution in [3.8, 4) is 0 Å². The quantitative estimate of drug-likeness (QED) is 0.783. The zero-order valence-corrected chi connectivity index (χ0v) is 8.37. The van der Waals surface area contributed by atoms with Gasteiger partial charge in [0.05, 0.1) is 4.34 Å². The Morgan fingerprint density at radius 1 is 1.58 bits per heavy atom. The predicted octanol–water partition coefficient (Wildman–Crippen LogP) is 2.68. The van der Waals surface area contributed by atoms with Crippen LogP contribution in [0.5, 0.6) is 0 Å². The van der Waals surface area contributed by atoms with E-state index in [1.54, 1.807) is 11.3 Å². The molecule has 1 aliphatic rings. The highest BCUT2D eigenvalue weighted by Crippen LogP contribution is 2.31. The number of rotatable bonds is 2. The topological polar surface area (TPSA) is 26.0 Å². The van der Waals surface area contributed by atoms with E-state index in [4.69, 9.17) is 17.3 Å². The van der Waals surface area contributed by atoms with Crippen molar-refractivity contribution in [1.29, 1.82) is 0 Å². The molecule has 0 spiro atoms. The standard InChI is InChI=1S/C9H12ClNS/c10-9-4-6(5-12-9)3-7-1-2-8(7)11/h4-5,7-8H,1-3,11H2. The lowest BCUT2D eigenvalue weighted by Crippen LogP contribution is -2.40. The first-order chi connectivity index (χ1) is 5.75. The van der Waals surface area contributed by atoms with Crippen molar-refractivity contribution < 1.29 is 0 Å². The second-order valence-corrected chi connectivity index (χ2v) is 5.01. The number of hydrogen-bond acceptors (Lipinski definition) is 2. The minimum Gasteiger partial charge on any atom is -0.327 e. The molecule has 2 atom stereocenters. The molecule has 1 saturated carbocycles. The maximum Gasteiger partial charge on any atom is 0.0931 e. The lowest BCUT2D eigenvalue weighted by atomic mass is 9.77. The van der Waals surface area contributed by atoms with Crippen LogP contribution in [-0.2, 0) is 6.42 Å². The van der Waals surface area contributed by atoms with Crippen LogP contribution in [0.3, 0.4) is 0 Å². The molecule has 12 heavy (non-hydrogen) atoms. The second-order valence-electron chi connectivity index (χ2n) is 3.46. The third-order valence-corrected chi connectivity index (χ3v) is 3.74. The van der Waals surface area contributed by atoms with E-state index in [1.807, 2.05) is 0 Å². The molecule has 0 radical (unpaired) electrons. The molecular weight excluding hydrogens is 190 g/mol. The molecule has 3 heteroatoms. The minimum atomic E-state index is 0.434. The van der Waals surface area contributed by atoms with Gasteiger partial charge in [-0.2, -0.15) is 0 Å². The van der Waals surface area contributed by atoms with Crippen molar-refractivity contribution in [2.24, 2.45) is 11.7 Å².